The Labute approximate surface area is 150 Å². The number of aromatic nitrogens is 2. The number of hydrogen-bond donors (Lipinski definition) is 3. The molecular formula is C17H18N6O2S. The minimum Gasteiger partial charge on any atom is -0.329 e. The monoisotopic (exact) mass is 370 g/mol. The van der Waals surface area contributed by atoms with E-state index in [0.29, 0.717) is 22.4 Å². The Kier molecular flexibility index (Phi) is 4.47. The zero-order valence-electron chi connectivity index (χ0n) is 14.3. The molecule has 0 bridgehead atoms. The Bertz CT molecular complexity index is 1140. The van der Waals surface area contributed by atoms with Crippen LogP contribution in [0, 0.1) is 10.8 Å². The molecule has 1 aromatic heterocycles. The third kappa shape index (κ3) is 3.42. The Morgan fingerprint density at radius 1 is 1.19 bits per heavy atom. The maximum absolute atomic E-state index is 11.5. The van der Waals surface area contributed by atoms with Gasteiger partial charge in [-0.3, -0.25) is 20.1 Å². The van der Waals surface area contributed by atoms with Gasteiger partial charge in [-0.1, -0.05) is 18.2 Å². The lowest BCUT2D eigenvalue weighted by molar-refractivity contribution is 0.607. The van der Waals surface area contributed by atoms with E-state index in [2.05, 4.69) is 9.71 Å². The van der Waals surface area contributed by atoms with Crippen LogP contribution in [0.25, 0.3) is 10.9 Å². The highest BCUT2D eigenvalue weighted by Gasteiger charge is 2.14. The van der Waals surface area contributed by atoms with Gasteiger partial charge in [0.05, 0.1) is 23.8 Å². The van der Waals surface area contributed by atoms with E-state index in [1.54, 1.807) is 18.2 Å². The number of nitrogens with one attached hydrogen (secondary N) is 3. The second-order valence-corrected chi connectivity index (χ2v) is 7.51. The fourth-order valence-corrected chi connectivity index (χ4v) is 3.24. The fraction of sp³-hybridized carbons (Fsp3) is 0.118. The van der Waals surface area contributed by atoms with Crippen molar-refractivity contribution < 1.29 is 8.42 Å². The predicted octanol–water partition coefficient (Wildman–Crippen LogP) is 2.11. The number of benzene rings is 2. The van der Waals surface area contributed by atoms with Crippen LogP contribution in [-0.4, -0.2) is 37.6 Å². The Balaban J connectivity index is 2.25. The van der Waals surface area contributed by atoms with Crippen LogP contribution in [0.5, 0.6) is 0 Å². The van der Waals surface area contributed by atoms with Crippen LogP contribution in [-0.2, 0) is 10.0 Å². The van der Waals surface area contributed by atoms with Crippen molar-refractivity contribution in [3.63, 3.8) is 0 Å². The first-order chi connectivity index (χ1) is 12.3. The molecule has 0 radical (unpaired) electrons. The van der Waals surface area contributed by atoms with Gasteiger partial charge in [0.1, 0.15) is 5.82 Å². The SMILES string of the molecule is CN(c1ccccc1)c1nc(=N)n(C=N)c2cc(NS(C)(=O)=O)ccc12. The zero-order valence-corrected chi connectivity index (χ0v) is 15.1. The van der Waals surface area contributed by atoms with Gasteiger partial charge >= 0.3 is 0 Å². The van der Waals surface area contributed by atoms with Crippen molar-refractivity contribution in [1.29, 1.82) is 10.8 Å². The summed E-state index contributed by atoms with van der Waals surface area (Å²) in [7, 11) is -1.59. The molecule has 0 saturated heterocycles. The van der Waals surface area contributed by atoms with E-state index in [-0.39, 0.29) is 5.62 Å². The van der Waals surface area contributed by atoms with Gasteiger partial charge in [0, 0.05) is 18.1 Å². The molecule has 0 aliphatic heterocycles. The molecule has 0 amide bonds. The van der Waals surface area contributed by atoms with Crippen LogP contribution in [0.4, 0.5) is 17.2 Å². The summed E-state index contributed by atoms with van der Waals surface area (Å²) in [5, 5.41) is 16.4. The second-order valence-electron chi connectivity index (χ2n) is 5.76. The van der Waals surface area contributed by atoms with Gasteiger partial charge in [0.15, 0.2) is 0 Å². The summed E-state index contributed by atoms with van der Waals surface area (Å²) in [5.41, 5.74) is 1.63. The lowest BCUT2D eigenvalue weighted by atomic mass is 10.2. The maximum atomic E-state index is 11.5. The van der Waals surface area contributed by atoms with E-state index in [1.807, 2.05) is 42.3 Å². The van der Waals surface area contributed by atoms with Crippen LogP contribution in [0.3, 0.4) is 0 Å². The topological polar surface area (TPSA) is 115 Å². The van der Waals surface area contributed by atoms with Crippen molar-refractivity contribution in [2.75, 3.05) is 22.9 Å². The number of sulfonamides is 1. The van der Waals surface area contributed by atoms with Crippen molar-refractivity contribution in [3.05, 3.63) is 54.1 Å². The van der Waals surface area contributed by atoms with Gasteiger partial charge in [-0.05, 0) is 30.3 Å². The standard InChI is InChI=1S/C17H18N6O2S/c1-22(13-6-4-3-5-7-13)16-14-9-8-12(21-26(2,24)25)10-15(14)23(11-18)17(19)20-16/h3-11,18-19,21H,1-2H3. The molecule has 8 nitrogen and oxygen atoms in total. The van der Waals surface area contributed by atoms with Crippen molar-refractivity contribution in [3.8, 4) is 0 Å². The molecule has 0 spiro atoms. The lowest BCUT2D eigenvalue weighted by Gasteiger charge is -2.21. The number of nitrogens with zero attached hydrogens (tertiary/aromatic N) is 3. The maximum Gasteiger partial charge on any atom is 0.229 e. The fourth-order valence-electron chi connectivity index (χ4n) is 2.69. The average Bonchev–Trinajstić information content (AvgIpc) is 2.59. The summed E-state index contributed by atoms with van der Waals surface area (Å²) in [6.45, 7) is 0. The minimum absolute atomic E-state index is 0.123. The molecule has 0 saturated carbocycles. The number of fused-ring (bicyclic) bond motifs is 1. The Morgan fingerprint density at radius 2 is 1.88 bits per heavy atom. The molecule has 2 aromatic carbocycles. The smallest absolute Gasteiger partial charge is 0.229 e. The van der Waals surface area contributed by atoms with E-state index in [4.69, 9.17) is 10.8 Å². The molecule has 1 heterocycles. The molecule has 0 fully saturated rings. The molecule has 134 valence electrons. The zero-order chi connectivity index (χ0) is 18.9. The molecule has 0 aliphatic carbocycles. The first-order valence-corrected chi connectivity index (χ1v) is 9.57. The first kappa shape index (κ1) is 17.6. The van der Waals surface area contributed by atoms with Crippen molar-refractivity contribution in [2.24, 2.45) is 0 Å². The second kappa shape index (κ2) is 6.60. The van der Waals surface area contributed by atoms with Crippen LogP contribution >= 0.6 is 0 Å². The molecule has 9 heteroatoms. The molecule has 3 rings (SSSR count). The molecule has 0 atom stereocenters. The van der Waals surface area contributed by atoms with Gasteiger partial charge in [0.25, 0.3) is 0 Å². The summed E-state index contributed by atoms with van der Waals surface area (Å²) < 4.78 is 26.7. The van der Waals surface area contributed by atoms with Crippen molar-refractivity contribution >= 4 is 44.5 Å². The van der Waals surface area contributed by atoms with Crippen LogP contribution in [0.15, 0.2) is 48.5 Å². The first-order valence-electron chi connectivity index (χ1n) is 7.68. The highest BCUT2D eigenvalue weighted by atomic mass is 32.2. The lowest BCUT2D eigenvalue weighted by Crippen LogP contribution is -2.26. The van der Waals surface area contributed by atoms with Gasteiger partial charge in [-0.25, -0.2) is 8.42 Å². The predicted molar refractivity (Wildman–Crippen MR) is 103 cm³/mol. The number of anilines is 3. The highest BCUT2D eigenvalue weighted by Crippen LogP contribution is 2.29. The van der Waals surface area contributed by atoms with Crippen LogP contribution in [0.1, 0.15) is 0 Å². The largest absolute Gasteiger partial charge is 0.329 e. The third-order valence-corrected chi connectivity index (χ3v) is 4.44. The number of para-hydroxylation sites is 1. The van der Waals surface area contributed by atoms with Gasteiger partial charge in [-0.2, -0.15) is 4.98 Å². The number of rotatable bonds is 5. The third-order valence-electron chi connectivity index (χ3n) is 3.83. The van der Waals surface area contributed by atoms with E-state index in [9.17, 15) is 8.42 Å². The highest BCUT2D eigenvalue weighted by molar-refractivity contribution is 7.92. The Hall–Kier alpha value is -3.20. The van der Waals surface area contributed by atoms with Crippen molar-refractivity contribution in [2.45, 2.75) is 0 Å². The van der Waals surface area contributed by atoms with E-state index < -0.39 is 10.0 Å². The molecule has 26 heavy (non-hydrogen) atoms. The van der Waals surface area contributed by atoms with Gasteiger partial charge < -0.3 is 4.90 Å². The summed E-state index contributed by atoms with van der Waals surface area (Å²) in [5.74, 6) is 0.542. The summed E-state index contributed by atoms with van der Waals surface area (Å²) in [4.78, 5) is 6.16. The van der Waals surface area contributed by atoms with Crippen LogP contribution in [0.2, 0.25) is 0 Å². The molecule has 0 unspecified atom stereocenters. The van der Waals surface area contributed by atoms with Crippen LogP contribution < -0.4 is 15.2 Å². The minimum atomic E-state index is -3.43. The van der Waals surface area contributed by atoms with Gasteiger partial charge in [0.2, 0.25) is 15.6 Å². The van der Waals surface area contributed by atoms with E-state index in [1.165, 1.54) is 4.57 Å². The average molecular weight is 370 g/mol. The normalized spacial score (nSPS) is 11.3. The molecule has 3 N–H and O–H groups in total. The summed E-state index contributed by atoms with van der Waals surface area (Å²) >= 11 is 0. The summed E-state index contributed by atoms with van der Waals surface area (Å²) in [6, 6.07) is 14.5. The number of hydrogen-bond acceptors (Lipinski definition) is 6. The Morgan fingerprint density at radius 3 is 2.50 bits per heavy atom. The molecule has 0 aliphatic rings. The van der Waals surface area contributed by atoms with E-state index in [0.717, 1.165) is 18.3 Å². The van der Waals surface area contributed by atoms with Crippen molar-refractivity contribution in [1.82, 2.24) is 9.55 Å². The molecular weight excluding hydrogens is 352 g/mol. The molecule has 3 aromatic rings. The van der Waals surface area contributed by atoms with Gasteiger partial charge in [-0.15, -0.1) is 0 Å². The quantitative estimate of drug-likeness (QED) is 0.471. The van der Waals surface area contributed by atoms with E-state index >= 15 is 0 Å². The summed E-state index contributed by atoms with van der Waals surface area (Å²) in [6.07, 6.45) is 2.05.